The van der Waals surface area contributed by atoms with Gasteiger partial charge >= 0.3 is 0 Å². The monoisotopic (exact) mass is 271 g/mol. The molecule has 0 radical (unpaired) electrons. The van der Waals surface area contributed by atoms with Crippen LogP contribution in [0.3, 0.4) is 0 Å². The zero-order valence-electron chi connectivity index (χ0n) is 12.1. The lowest BCUT2D eigenvalue weighted by atomic mass is 10.1. The summed E-state index contributed by atoms with van der Waals surface area (Å²) >= 11 is 0. The molecule has 2 aromatic carbocycles. The van der Waals surface area contributed by atoms with Gasteiger partial charge in [-0.1, -0.05) is 36.4 Å². The third-order valence-electron chi connectivity index (χ3n) is 3.58. The van der Waals surface area contributed by atoms with Crippen LogP contribution in [0.4, 0.5) is 0 Å². The van der Waals surface area contributed by atoms with Crippen molar-refractivity contribution in [2.45, 2.75) is 32.3 Å². The van der Waals surface area contributed by atoms with Gasteiger partial charge < -0.3 is 14.8 Å². The van der Waals surface area contributed by atoms with Gasteiger partial charge in [-0.2, -0.15) is 0 Å². The number of nitrogens with one attached hydrogen (secondary N) is 1. The van der Waals surface area contributed by atoms with Gasteiger partial charge in [0.2, 0.25) is 0 Å². The summed E-state index contributed by atoms with van der Waals surface area (Å²) < 4.78 is 11.3. The fourth-order valence-corrected chi connectivity index (χ4v) is 2.59. The number of rotatable bonds is 4. The second-order valence-corrected chi connectivity index (χ2v) is 5.76. The Balaban J connectivity index is 1.55. The van der Waals surface area contributed by atoms with E-state index in [9.17, 15) is 0 Å². The van der Waals surface area contributed by atoms with Gasteiger partial charge in [-0.25, -0.2) is 0 Å². The highest BCUT2D eigenvalue weighted by molar-refractivity contribution is 5.82. The minimum Gasteiger partial charge on any atom is -0.348 e. The summed E-state index contributed by atoms with van der Waals surface area (Å²) in [5.41, 5.74) is 1.29. The topological polar surface area (TPSA) is 30.5 Å². The lowest BCUT2D eigenvalue weighted by molar-refractivity contribution is -0.137. The zero-order chi connectivity index (χ0) is 14.0. The predicted molar refractivity (Wildman–Crippen MR) is 80.6 cm³/mol. The van der Waals surface area contributed by atoms with Crippen molar-refractivity contribution in [1.82, 2.24) is 5.32 Å². The first kappa shape index (κ1) is 13.6. The van der Waals surface area contributed by atoms with E-state index in [1.807, 2.05) is 13.8 Å². The Hall–Kier alpha value is -1.42. The Kier molecular flexibility index (Phi) is 3.74. The molecule has 1 saturated heterocycles. The molecule has 1 atom stereocenters. The number of fused-ring (bicyclic) bond motifs is 1. The van der Waals surface area contributed by atoms with E-state index in [0.29, 0.717) is 6.61 Å². The maximum atomic E-state index is 5.77. The Morgan fingerprint density at radius 3 is 2.70 bits per heavy atom. The molecule has 2 aromatic rings. The molecule has 20 heavy (non-hydrogen) atoms. The van der Waals surface area contributed by atoms with E-state index in [1.54, 1.807) is 0 Å². The molecule has 0 bridgehead atoms. The molecule has 0 spiro atoms. The van der Waals surface area contributed by atoms with Gasteiger partial charge in [-0.15, -0.1) is 0 Å². The molecule has 0 aliphatic carbocycles. The van der Waals surface area contributed by atoms with Crippen molar-refractivity contribution in [1.29, 1.82) is 0 Å². The average Bonchev–Trinajstić information content (AvgIpc) is 2.78. The van der Waals surface area contributed by atoms with Crippen LogP contribution in [-0.2, 0) is 16.0 Å². The maximum Gasteiger partial charge on any atom is 0.163 e. The van der Waals surface area contributed by atoms with Gasteiger partial charge in [-0.05, 0) is 36.2 Å². The molecule has 106 valence electrons. The minimum absolute atomic E-state index is 0.144. The van der Waals surface area contributed by atoms with Crippen LogP contribution in [0, 0.1) is 0 Å². The van der Waals surface area contributed by atoms with E-state index in [4.69, 9.17) is 9.47 Å². The summed E-state index contributed by atoms with van der Waals surface area (Å²) in [4.78, 5) is 0. The van der Waals surface area contributed by atoms with Crippen molar-refractivity contribution >= 4 is 10.8 Å². The molecule has 3 rings (SSSR count). The third kappa shape index (κ3) is 3.18. The van der Waals surface area contributed by atoms with Crippen LogP contribution in [0.1, 0.15) is 19.4 Å². The third-order valence-corrected chi connectivity index (χ3v) is 3.58. The van der Waals surface area contributed by atoms with Crippen molar-refractivity contribution in [3.05, 3.63) is 48.0 Å². The predicted octanol–water partition coefficient (Wildman–Crippen LogP) is 3.08. The highest BCUT2D eigenvalue weighted by atomic mass is 16.7. The summed E-state index contributed by atoms with van der Waals surface area (Å²) in [6.07, 6.45) is 0.144. The molecule has 0 amide bonds. The lowest BCUT2D eigenvalue weighted by Gasteiger charge is -2.17. The molecule has 1 N–H and O–H groups in total. The van der Waals surface area contributed by atoms with Crippen molar-refractivity contribution < 1.29 is 9.47 Å². The molecular formula is C17H21NO2. The minimum atomic E-state index is -0.435. The zero-order valence-corrected chi connectivity index (χ0v) is 12.1. The Bertz CT molecular complexity index is 594. The van der Waals surface area contributed by atoms with Crippen molar-refractivity contribution in [3.63, 3.8) is 0 Å². The second-order valence-electron chi connectivity index (χ2n) is 5.76. The molecule has 1 heterocycles. The molecule has 1 fully saturated rings. The van der Waals surface area contributed by atoms with Gasteiger partial charge in [0.25, 0.3) is 0 Å². The summed E-state index contributed by atoms with van der Waals surface area (Å²) in [7, 11) is 0. The van der Waals surface area contributed by atoms with Crippen LogP contribution in [0.25, 0.3) is 10.8 Å². The average molecular weight is 271 g/mol. The lowest BCUT2D eigenvalue weighted by Crippen LogP contribution is -2.30. The van der Waals surface area contributed by atoms with Gasteiger partial charge in [0.1, 0.15) is 0 Å². The smallest absolute Gasteiger partial charge is 0.163 e. The van der Waals surface area contributed by atoms with Crippen molar-refractivity contribution in [3.8, 4) is 0 Å². The van der Waals surface area contributed by atoms with E-state index >= 15 is 0 Å². The largest absolute Gasteiger partial charge is 0.348 e. The SMILES string of the molecule is CC1(C)OCC(CNCc2ccc3ccccc3c2)O1. The molecule has 3 nitrogen and oxygen atoms in total. The normalized spacial score (nSPS) is 21.4. The molecule has 1 aliphatic rings. The van der Waals surface area contributed by atoms with Crippen LogP contribution in [0.15, 0.2) is 42.5 Å². The fourth-order valence-electron chi connectivity index (χ4n) is 2.59. The molecule has 1 unspecified atom stereocenters. The summed E-state index contributed by atoms with van der Waals surface area (Å²) in [6, 6.07) is 15.0. The van der Waals surface area contributed by atoms with E-state index in [1.165, 1.54) is 16.3 Å². The van der Waals surface area contributed by atoms with Gasteiger partial charge in [0.05, 0.1) is 12.7 Å². The molecule has 0 saturated carbocycles. The van der Waals surface area contributed by atoms with Crippen LogP contribution in [0.5, 0.6) is 0 Å². The molecular weight excluding hydrogens is 250 g/mol. The first-order chi connectivity index (χ1) is 9.62. The molecule has 0 aromatic heterocycles. The van der Waals surface area contributed by atoms with Crippen LogP contribution in [-0.4, -0.2) is 25.0 Å². The van der Waals surface area contributed by atoms with Crippen LogP contribution in [0.2, 0.25) is 0 Å². The van der Waals surface area contributed by atoms with E-state index < -0.39 is 5.79 Å². The van der Waals surface area contributed by atoms with Gasteiger partial charge in [-0.3, -0.25) is 0 Å². The van der Waals surface area contributed by atoms with Crippen LogP contribution < -0.4 is 5.32 Å². The molecule has 3 heteroatoms. The van der Waals surface area contributed by atoms with E-state index in [2.05, 4.69) is 47.8 Å². The number of hydrogen-bond donors (Lipinski definition) is 1. The standard InChI is InChI=1S/C17H21NO2/c1-17(2)19-12-16(20-17)11-18-10-13-7-8-14-5-3-4-6-15(14)9-13/h3-9,16,18H,10-12H2,1-2H3. The highest BCUT2D eigenvalue weighted by Crippen LogP contribution is 2.21. The summed E-state index contributed by atoms with van der Waals surface area (Å²) in [5, 5.41) is 6.01. The Morgan fingerprint density at radius 1 is 1.15 bits per heavy atom. The second kappa shape index (κ2) is 5.52. The quantitative estimate of drug-likeness (QED) is 0.927. The Labute approximate surface area is 119 Å². The summed E-state index contributed by atoms with van der Waals surface area (Å²) in [5.74, 6) is -0.435. The van der Waals surface area contributed by atoms with Crippen LogP contribution >= 0.6 is 0 Å². The highest BCUT2D eigenvalue weighted by Gasteiger charge is 2.32. The van der Waals surface area contributed by atoms with Crippen molar-refractivity contribution in [2.24, 2.45) is 0 Å². The first-order valence-corrected chi connectivity index (χ1v) is 7.13. The summed E-state index contributed by atoms with van der Waals surface area (Å²) in [6.45, 7) is 6.24. The fraction of sp³-hybridized carbons (Fsp3) is 0.412. The number of hydrogen-bond acceptors (Lipinski definition) is 3. The molecule has 1 aliphatic heterocycles. The van der Waals surface area contributed by atoms with Crippen molar-refractivity contribution in [2.75, 3.05) is 13.2 Å². The first-order valence-electron chi connectivity index (χ1n) is 7.13. The van der Waals surface area contributed by atoms with E-state index in [-0.39, 0.29) is 6.10 Å². The van der Waals surface area contributed by atoms with E-state index in [0.717, 1.165) is 13.1 Å². The number of benzene rings is 2. The van der Waals surface area contributed by atoms with Gasteiger partial charge in [0, 0.05) is 13.1 Å². The maximum absolute atomic E-state index is 5.77. The van der Waals surface area contributed by atoms with Gasteiger partial charge in [0.15, 0.2) is 5.79 Å². The number of ether oxygens (including phenoxy) is 2. The Morgan fingerprint density at radius 2 is 1.95 bits per heavy atom.